The van der Waals surface area contributed by atoms with E-state index in [-0.39, 0.29) is 0 Å². The summed E-state index contributed by atoms with van der Waals surface area (Å²) in [5.41, 5.74) is 0. The third-order valence-corrected chi connectivity index (χ3v) is 3.70. The average molecular weight is 349 g/mol. The maximum absolute atomic E-state index is 6.03. The number of hydrogen-bond acceptors (Lipinski definition) is 5. The van der Waals surface area contributed by atoms with Gasteiger partial charge in [-0.25, -0.2) is 0 Å². The highest BCUT2D eigenvalue weighted by molar-refractivity contribution is 9.10. The highest BCUT2D eigenvalue weighted by Crippen LogP contribution is 2.29. The monoisotopic (exact) mass is 347 g/mol. The summed E-state index contributed by atoms with van der Waals surface area (Å²) in [6, 6.07) is 5.48. The summed E-state index contributed by atoms with van der Waals surface area (Å²) < 4.78 is 6.54. The molecule has 0 spiro atoms. The molecule has 7 heteroatoms. The first kappa shape index (κ1) is 13.6. The maximum Gasteiger partial charge on any atom is 0.205 e. The van der Waals surface area contributed by atoms with Gasteiger partial charge in [-0.15, -0.1) is 10.2 Å². The van der Waals surface area contributed by atoms with Gasteiger partial charge in [0.25, 0.3) is 0 Å². The van der Waals surface area contributed by atoms with Crippen LogP contribution in [0.5, 0.6) is 5.75 Å². The van der Waals surface area contributed by atoms with E-state index in [9.17, 15) is 0 Å². The third kappa shape index (κ3) is 3.57. The Morgan fingerprint density at radius 1 is 1.44 bits per heavy atom. The summed E-state index contributed by atoms with van der Waals surface area (Å²) in [6.07, 6.45) is 0. The maximum atomic E-state index is 6.03. The lowest BCUT2D eigenvalue weighted by molar-refractivity contribution is 0.304. The molecule has 0 radical (unpaired) electrons. The fraction of sp³-hybridized carbons (Fsp3) is 0.273. The summed E-state index contributed by atoms with van der Waals surface area (Å²) in [7, 11) is 0. The van der Waals surface area contributed by atoms with Gasteiger partial charge in [-0.2, -0.15) is 0 Å². The van der Waals surface area contributed by atoms with Gasteiger partial charge in [-0.1, -0.05) is 38.9 Å². The minimum atomic E-state index is 0.360. The van der Waals surface area contributed by atoms with Gasteiger partial charge < -0.3 is 10.1 Å². The molecule has 1 aromatic heterocycles. The van der Waals surface area contributed by atoms with Crippen molar-refractivity contribution >= 4 is 44.0 Å². The number of hydrogen-bond donors (Lipinski definition) is 1. The molecule has 0 aliphatic carbocycles. The number of ether oxygens (including phenoxy) is 1. The Hall–Kier alpha value is -0.850. The van der Waals surface area contributed by atoms with Crippen LogP contribution in [0.2, 0.25) is 5.02 Å². The van der Waals surface area contributed by atoms with Crippen molar-refractivity contribution in [1.29, 1.82) is 0 Å². The minimum absolute atomic E-state index is 0.360. The Balaban J connectivity index is 1.99. The van der Waals surface area contributed by atoms with Crippen molar-refractivity contribution in [3.63, 3.8) is 0 Å². The van der Waals surface area contributed by atoms with Crippen LogP contribution >= 0.6 is 38.9 Å². The van der Waals surface area contributed by atoms with Gasteiger partial charge in [-0.05, 0) is 25.1 Å². The van der Waals surface area contributed by atoms with E-state index in [0.29, 0.717) is 17.4 Å². The molecule has 0 atom stereocenters. The smallest absolute Gasteiger partial charge is 0.205 e. The van der Waals surface area contributed by atoms with Crippen LogP contribution < -0.4 is 10.1 Å². The minimum Gasteiger partial charge on any atom is -0.485 e. The Kier molecular flexibility index (Phi) is 4.79. The predicted octanol–water partition coefficient (Wildman–Crippen LogP) is 3.96. The Bertz CT molecular complexity index is 535. The van der Waals surface area contributed by atoms with Crippen molar-refractivity contribution in [1.82, 2.24) is 10.2 Å². The molecular formula is C11H11BrClN3OS. The van der Waals surface area contributed by atoms with Crippen molar-refractivity contribution in [2.45, 2.75) is 13.5 Å². The molecule has 0 aliphatic heterocycles. The topological polar surface area (TPSA) is 47.0 Å². The highest BCUT2D eigenvalue weighted by Gasteiger charge is 2.06. The molecule has 1 heterocycles. The van der Waals surface area contributed by atoms with E-state index >= 15 is 0 Å². The molecule has 1 aromatic carbocycles. The van der Waals surface area contributed by atoms with E-state index in [1.54, 1.807) is 6.07 Å². The number of benzene rings is 1. The summed E-state index contributed by atoms with van der Waals surface area (Å²) in [4.78, 5) is 0. The average Bonchev–Trinajstić information content (AvgIpc) is 2.79. The van der Waals surface area contributed by atoms with Gasteiger partial charge in [-0.3, -0.25) is 0 Å². The van der Waals surface area contributed by atoms with Gasteiger partial charge >= 0.3 is 0 Å². The SMILES string of the molecule is CCNc1nnc(COc2cc(Br)ccc2Cl)s1. The lowest BCUT2D eigenvalue weighted by Crippen LogP contribution is -1.95. The zero-order valence-corrected chi connectivity index (χ0v) is 12.8. The van der Waals surface area contributed by atoms with Gasteiger partial charge in [0, 0.05) is 11.0 Å². The summed E-state index contributed by atoms with van der Waals surface area (Å²) in [6.45, 7) is 3.20. The van der Waals surface area contributed by atoms with E-state index in [1.807, 2.05) is 19.1 Å². The molecule has 0 amide bonds. The molecule has 18 heavy (non-hydrogen) atoms. The zero-order valence-electron chi connectivity index (χ0n) is 9.61. The summed E-state index contributed by atoms with van der Waals surface area (Å²) >= 11 is 10.9. The van der Waals surface area contributed by atoms with Gasteiger partial charge in [0.2, 0.25) is 5.13 Å². The summed E-state index contributed by atoms with van der Waals surface area (Å²) in [5, 5.41) is 13.3. The van der Waals surface area contributed by atoms with Crippen LogP contribution in [-0.2, 0) is 6.61 Å². The lowest BCUT2D eigenvalue weighted by Gasteiger charge is -2.06. The van der Waals surface area contributed by atoms with Crippen molar-refractivity contribution in [3.8, 4) is 5.75 Å². The first-order valence-electron chi connectivity index (χ1n) is 5.33. The molecule has 0 fully saturated rings. The van der Waals surface area contributed by atoms with E-state index in [0.717, 1.165) is 21.2 Å². The van der Waals surface area contributed by atoms with Crippen LogP contribution in [0, 0.1) is 0 Å². The molecule has 1 N–H and O–H groups in total. The molecular weight excluding hydrogens is 338 g/mol. The van der Waals surface area contributed by atoms with Crippen LogP contribution in [0.15, 0.2) is 22.7 Å². The van der Waals surface area contributed by atoms with Crippen molar-refractivity contribution in [3.05, 3.63) is 32.7 Å². The number of nitrogens with one attached hydrogen (secondary N) is 1. The fourth-order valence-electron chi connectivity index (χ4n) is 1.26. The van der Waals surface area contributed by atoms with Crippen molar-refractivity contribution < 1.29 is 4.74 Å². The molecule has 0 unspecified atom stereocenters. The largest absolute Gasteiger partial charge is 0.485 e. The van der Waals surface area contributed by atoms with Crippen LogP contribution in [0.3, 0.4) is 0 Å². The molecule has 0 saturated carbocycles. The number of halogens is 2. The Labute approximate surface area is 122 Å². The second kappa shape index (κ2) is 6.36. The second-order valence-corrected chi connectivity index (χ2v) is 5.78. The van der Waals surface area contributed by atoms with Crippen molar-refractivity contribution in [2.75, 3.05) is 11.9 Å². The number of rotatable bonds is 5. The van der Waals surface area contributed by atoms with Crippen LogP contribution in [-0.4, -0.2) is 16.7 Å². The Morgan fingerprint density at radius 2 is 2.28 bits per heavy atom. The van der Waals surface area contributed by atoms with Crippen LogP contribution in [0.25, 0.3) is 0 Å². The molecule has 2 rings (SSSR count). The van der Waals surface area contributed by atoms with Gasteiger partial charge in [0.05, 0.1) is 5.02 Å². The molecule has 2 aromatic rings. The first-order chi connectivity index (χ1) is 8.69. The third-order valence-electron chi connectivity index (χ3n) is 2.04. The first-order valence-corrected chi connectivity index (χ1v) is 7.32. The van der Waals surface area contributed by atoms with Crippen LogP contribution in [0.1, 0.15) is 11.9 Å². The Morgan fingerprint density at radius 3 is 3.06 bits per heavy atom. The normalized spacial score (nSPS) is 10.4. The second-order valence-electron chi connectivity index (χ2n) is 3.39. The van der Waals surface area contributed by atoms with E-state index in [4.69, 9.17) is 16.3 Å². The standard InChI is InChI=1S/C11H11BrClN3OS/c1-2-14-11-16-15-10(18-11)6-17-9-5-7(12)3-4-8(9)13/h3-5H,2,6H2,1H3,(H,14,16). The summed E-state index contributed by atoms with van der Waals surface area (Å²) in [5.74, 6) is 0.631. The molecule has 96 valence electrons. The number of anilines is 1. The zero-order chi connectivity index (χ0) is 13.0. The van der Waals surface area contributed by atoms with Gasteiger partial charge in [0.15, 0.2) is 5.01 Å². The predicted molar refractivity (Wildman–Crippen MR) is 77.6 cm³/mol. The lowest BCUT2D eigenvalue weighted by atomic mass is 10.3. The quantitative estimate of drug-likeness (QED) is 0.888. The number of nitrogens with zero attached hydrogens (tertiary/aromatic N) is 2. The fourth-order valence-corrected chi connectivity index (χ4v) is 2.49. The van der Waals surface area contributed by atoms with Crippen molar-refractivity contribution in [2.24, 2.45) is 0 Å². The van der Waals surface area contributed by atoms with E-state index in [1.165, 1.54) is 11.3 Å². The van der Waals surface area contributed by atoms with Crippen LogP contribution in [0.4, 0.5) is 5.13 Å². The van der Waals surface area contributed by atoms with E-state index < -0.39 is 0 Å². The highest BCUT2D eigenvalue weighted by atomic mass is 79.9. The number of aromatic nitrogens is 2. The van der Waals surface area contributed by atoms with E-state index in [2.05, 4.69) is 31.4 Å². The molecule has 0 aliphatic rings. The molecule has 0 bridgehead atoms. The molecule has 4 nitrogen and oxygen atoms in total. The van der Waals surface area contributed by atoms with Gasteiger partial charge in [0.1, 0.15) is 12.4 Å². The molecule has 0 saturated heterocycles.